The molecule has 3 rings (SSSR count). The van der Waals surface area contributed by atoms with E-state index in [2.05, 4.69) is 19.9 Å². The number of ether oxygens (including phenoxy) is 1. The van der Waals surface area contributed by atoms with Crippen LogP contribution in [0.5, 0.6) is 5.75 Å². The number of halogens is 1. The minimum Gasteiger partial charge on any atom is -0.497 e. The van der Waals surface area contributed by atoms with Gasteiger partial charge in [0, 0.05) is 25.5 Å². The summed E-state index contributed by atoms with van der Waals surface area (Å²) in [5, 5.41) is 6.86. The Kier molecular flexibility index (Phi) is 5.82. The van der Waals surface area contributed by atoms with Crippen LogP contribution in [0.4, 0.5) is 4.39 Å². The number of hydrogen-bond acceptors (Lipinski definition) is 5. The molecule has 1 heterocycles. The van der Waals surface area contributed by atoms with Crippen molar-refractivity contribution in [1.82, 2.24) is 19.9 Å². The summed E-state index contributed by atoms with van der Waals surface area (Å²) in [4.78, 5) is 4.44. The van der Waals surface area contributed by atoms with Crippen molar-refractivity contribution in [2.75, 3.05) is 13.7 Å². The van der Waals surface area contributed by atoms with Gasteiger partial charge in [0.1, 0.15) is 17.4 Å². The second kappa shape index (κ2) is 8.28. The second-order valence-electron chi connectivity index (χ2n) is 5.83. The van der Waals surface area contributed by atoms with E-state index in [0.29, 0.717) is 30.2 Å². The Hall–Kier alpha value is -2.78. The number of nitrogens with zero attached hydrogens (tertiary/aromatic N) is 2. The zero-order valence-electron chi connectivity index (χ0n) is 14.6. The fourth-order valence-corrected chi connectivity index (χ4v) is 3.58. The summed E-state index contributed by atoms with van der Waals surface area (Å²) < 4.78 is 45.4. The summed E-state index contributed by atoms with van der Waals surface area (Å²) in [6.45, 7) is 0.150. The van der Waals surface area contributed by atoms with E-state index in [1.165, 1.54) is 31.4 Å². The van der Waals surface area contributed by atoms with E-state index < -0.39 is 10.0 Å². The number of methoxy groups -OCH3 is 1. The Morgan fingerprint density at radius 3 is 2.78 bits per heavy atom. The summed E-state index contributed by atoms with van der Waals surface area (Å²) in [7, 11) is -2.17. The van der Waals surface area contributed by atoms with Crippen LogP contribution in [0, 0.1) is 5.82 Å². The van der Waals surface area contributed by atoms with Gasteiger partial charge >= 0.3 is 0 Å². The molecule has 27 heavy (non-hydrogen) atoms. The first kappa shape index (κ1) is 19.0. The van der Waals surface area contributed by atoms with Crippen LogP contribution in [0.3, 0.4) is 0 Å². The van der Waals surface area contributed by atoms with E-state index in [1.807, 2.05) is 0 Å². The normalized spacial score (nSPS) is 11.5. The Morgan fingerprint density at radius 1 is 1.19 bits per heavy atom. The predicted molar refractivity (Wildman–Crippen MR) is 97.5 cm³/mol. The largest absolute Gasteiger partial charge is 0.497 e. The van der Waals surface area contributed by atoms with Gasteiger partial charge in [-0.2, -0.15) is 5.10 Å². The molecule has 9 heteroatoms. The number of sulfonamides is 1. The quantitative estimate of drug-likeness (QED) is 0.614. The zero-order valence-corrected chi connectivity index (χ0v) is 15.5. The van der Waals surface area contributed by atoms with Gasteiger partial charge in [-0.15, -0.1) is 0 Å². The Balaban J connectivity index is 1.57. The molecule has 0 aliphatic heterocycles. The first-order valence-electron chi connectivity index (χ1n) is 8.24. The van der Waals surface area contributed by atoms with Crippen molar-refractivity contribution >= 4 is 10.0 Å². The third-order valence-corrected chi connectivity index (χ3v) is 5.29. The Labute approximate surface area is 156 Å². The van der Waals surface area contributed by atoms with Crippen LogP contribution in [-0.4, -0.2) is 37.3 Å². The molecule has 1 aromatic heterocycles. The highest BCUT2D eigenvalue weighted by Crippen LogP contribution is 2.16. The van der Waals surface area contributed by atoms with Gasteiger partial charge in [0.2, 0.25) is 10.0 Å². The van der Waals surface area contributed by atoms with Gasteiger partial charge < -0.3 is 4.74 Å². The Morgan fingerprint density at radius 2 is 2.00 bits per heavy atom. The molecule has 142 valence electrons. The molecule has 0 radical (unpaired) electrons. The third kappa shape index (κ3) is 5.11. The van der Waals surface area contributed by atoms with Crippen molar-refractivity contribution in [3.63, 3.8) is 0 Å². The monoisotopic (exact) mass is 390 g/mol. The lowest BCUT2D eigenvalue weighted by atomic mass is 10.1. The van der Waals surface area contributed by atoms with Crippen LogP contribution in [0.1, 0.15) is 17.2 Å². The molecule has 0 unspecified atom stereocenters. The molecule has 0 saturated carbocycles. The highest BCUT2D eigenvalue weighted by Gasteiger charge is 2.15. The first-order chi connectivity index (χ1) is 13.0. The molecule has 3 aromatic rings. The third-order valence-electron chi connectivity index (χ3n) is 3.83. The zero-order chi connectivity index (χ0) is 19.3. The van der Waals surface area contributed by atoms with E-state index in [-0.39, 0.29) is 17.3 Å². The van der Waals surface area contributed by atoms with E-state index in [1.54, 1.807) is 24.3 Å². The van der Waals surface area contributed by atoms with Crippen LogP contribution >= 0.6 is 0 Å². The molecular weight excluding hydrogens is 371 g/mol. The number of benzene rings is 2. The molecule has 0 atom stereocenters. The van der Waals surface area contributed by atoms with Crippen LogP contribution in [0.15, 0.2) is 53.4 Å². The van der Waals surface area contributed by atoms with Crippen molar-refractivity contribution in [1.29, 1.82) is 0 Å². The van der Waals surface area contributed by atoms with Crippen LogP contribution in [-0.2, 0) is 22.9 Å². The van der Waals surface area contributed by atoms with E-state index in [0.717, 1.165) is 5.56 Å². The summed E-state index contributed by atoms with van der Waals surface area (Å²) in [5.41, 5.74) is 0.774. The SMILES string of the molecule is COc1cccc(S(=O)(=O)NCCc2n[nH]c(Cc3cccc(F)c3)n2)c1. The van der Waals surface area contributed by atoms with Crippen molar-refractivity contribution < 1.29 is 17.5 Å². The molecule has 0 aliphatic rings. The highest BCUT2D eigenvalue weighted by atomic mass is 32.2. The average molecular weight is 390 g/mol. The maximum absolute atomic E-state index is 13.2. The van der Waals surface area contributed by atoms with Gasteiger partial charge in [-0.1, -0.05) is 18.2 Å². The summed E-state index contributed by atoms with van der Waals surface area (Å²) in [6.07, 6.45) is 0.739. The summed E-state index contributed by atoms with van der Waals surface area (Å²) in [5.74, 6) is 1.23. The number of aromatic nitrogens is 3. The number of rotatable bonds is 8. The second-order valence-corrected chi connectivity index (χ2v) is 7.60. The molecule has 0 bridgehead atoms. The van der Waals surface area contributed by atoms with Crippen molar-refractivity contribution in [3.05, 3.63) is 71.6 Å². The fourth-order valence-electron chi connectivity index (χ4n) is 2.51. The molecule has 7 nitrogen and oxygen atoms in total. The maximum atomic E-state index is 13.2. The standard InChI is InChI=1S/C18H19FN4O3S/c1-26-15-6-3-7-16(12-15)27(24,25)20-9-8-17-21-18(23-22-17)11-13-4-2-5-14(19)10-13/h2-7,10,12,20H,8-9,11H2,1H3,(H,21,22,23). The maximum Gasteiger partial charge on any atom is 0.240 e. The highest BCUT2D eigenvalue weighted by molar-refractivity contribution is 7.89. The molecule has 0 fully saturated rings. The first-order valence-corrected chi connectivity index (χ1v) is 9.73. The van der Waals surface area contributed by atoms with E-state index in [9.17, 15) is 12.8 Å². The molecule has 2 aromatic carbocycles. The van der Waals surface area contributed by atoms with E-state index >= 15 is 0 Å². The lowest BCUT2D eigenvalue weighted by Gasteiger charge is -2.07. The van der Waals surface area contributed by atoms with Gasteiger partial charge in [0.05, 0.1) is 12.0 Å². The topological polar surface area (TPSA) is 97.0 Å². The minimum absolute atomic E-state index is 0.128. The van der Waals surface area contributed by atoms with Gasteiger partial charge in [-0.05, 0) is 29.8 Å². The molecule has 0 saturated heterocycles. The van der Waals surface area contributed by atoms with Crippen LogP contribution in [0.25, 0.3) is 0 Å². The fraction of sp³-hybridized carbons (Fsp3) is 0.222. The van der Waals surface area contributed by atoms with Gasteiger partial charge in [-0.3, -0.25) is 5.10 Å². The lowest BCUT2D eigenvalue weighted by molar-refractivity contribution is 0.413. The van der Waals surface area contributed by atoms with Crippen molar-refractivity contribution in [3.8, 4) is 5.75 Å². The summed E-state index contributed by atoms with van der Waals surface area (Å²) >= 11 is 0. The number of nitrogens with one attached hydrogen (secondary N) is 2. The number of H-pyrrole nitrogens is 1. The molecule has 0 aliphatic carbocycles. The minimum atomic E-state index is -3.65. The van der Waals surface area contributed by atoms with Crippen LogP contribution in [0.2, 0.25) is 0 Å². The Bertz CT molecular complexity index is 1020. The van der Waals surface area contributed by atoms with Crippen molar-refractivity contribution in [2.45, 2.75) is 17.7 Å². The van der Waals surface area contributed by atoms with Gasteiger partial charge in [-0.25, -0.2) is 22.5 Å². The lowest BCUT2D eigenvalue weighted by Crippen LogP contribution is -2.26. The van der Waals surface area contributed by atoms with Crippen LogP contribution < -0.4 is 9.46 Å². The van der Waals surface area contributed by atoms with E-state index in [4.69, 9.17) is 4.74 Å². The van der Waals surface area contributed by atoms with Crippen molar-refractivity contribution in [2.24, 2.45) is 0 Å². The molecular formula is C18H19FN4O3S. The van der Waals surface area contributed by atoms with Gasteiger partial charge in [0.15, 0.2) is 5.82 Å². The predicted octanol–water partition coefficient (Wildman–Crippen LogP) is 2.06. The number of hydrogen-bond donors (Lipinski definition) is 2. The molecule has 0 amide bonds. The molecule has 2 N–H and O–H groups in total. The smallest absolute Gasteiger partial charge is 0.240 e. The summed E-state index contributed by atoms with van der Waals surface area (Å²) in [6, 6.07) is 12.5. The number of aromatic amines is 1. The van der Waals surface area contributed by atoms with Gasteiger partial charge in [0.25, 0.3) is 0 Å². The average Bonchev–Trinajstić information content (AvgIpc) is 3.09. The molecule has 0 spiro atoms.